The molecule has 0 N–H and O–H groups in total. The van der Waals surface area contributed by atoms with E-state index in [2.05, 4.69) is 0 Å². The van der Waals surface area contributed by atoms with Crippen LogP contribution in [0, 0.1) is 5.82 Å². The van der Waals surface area contributed by atoms with E-state index in [9.17, 15) is 14.0 Å². The lowest BCUT2D eigenvalue weighted by Crippen LogP contribution is -2.36. The fraction of sp³-hybridized carbons (Fsp3) is 0.200. The van der Waals surface area contributed by atoms with Crippen LogP contribution < -0.4 is 0 Å². The van der Waals surface area contributed by atoms with Crippen molar-refractivity contribution in [3.8, 4) is 0 Å². The van der Waals surface area contributed by atoms with Gasteiger partial charge in [0.05, 0.1) is 0 Å². The van der Waals surface area contributed by atoms with Gasteiger partial charge in [0, 0.05) is 25.2 Å². The van der Waals surface area contributed by atoms with Crippen molar-refractivity contribution in [1.29, 1.82) is 0 Å². The van der Waals surface area contributed by atoms with Crippen molar-refractivity contribution < 1.29 is 18.7 Å². The average Bonchev–Trinajstić information content (AvgIpc) is 2.61. The highest BCUT2D eigenvalue weighted by Crippen LogP contribution is 2.09. The number of esters is 1. The molecule has 0 radical (unpaired) electrons. The van der Waals surface area contributed by atoms with Gasteiger partial charge in [-0.3, -0.25) is 4.79 Å². The average molecular weight is 341 g/mol. The van der Waals surface area contributed by atoms with Gasteiger partial charge in [-0.15, -0.1) is 0 Å². The summed E-state index contributed by atoms with van der Waals surface area (Å²) in [6, 6.07) is 15.6. The number of likely N-dealkylation sites (N-methyl/N-ethyl adjacent to an activating group) is 1. The Labute approximate surface area is 146 Å². The van der Waals surface area contributed by atoms with E-state index < -0.39 is 17.9 Å². The molecule has 130 valence electrons. The molecule has 25 heavy (non-hydrogen) atoms. The molecule has 0 saturated carbocycles. The van der Waals surface area contributed by atoms with Crippen LogP contribution in [0.5, 0.6) is 0 Å². The number of amides is 1. The van der Waals surface area contributed by atoms with Crippen molar-refractivity contribution in [2.24, 2.45) is 0 Å². The van der Waals surface area contributed by atoms with Crippen molar-refractivity contribution >= 4 is 18.0 Å². The number of benzene rings is 2. The first kappa shape index (κ1) is 18.4. The zero-order valence-electron chi connectivity index (χ0n) is 14.2. The summed E-state index contributed by atoms with van der Waals surface area (Å²) >= 11 is 0. The van der Waals surface area contributed by atoms with E-state index in [4.69, 9.17) is 4.74 Å². The minimum Gasteiger partial charge on any atom is -0.449 e. The molecule has 0 aliphatic carbocycles. The summed E-state index contributed by atoms with van der Waals surface area (Å²) in [6.07, 6.45) is 1.51. The molecule has 0 aliphatic heterocycles. The van der Waals surface area contributed by atoms with E-state index >= 15 is 0 Å². The summed E-state index contributed by atoms with van der Waals surface area (Å²) in [7, 11) is 1.65. The molecule has 0 spiro atoms. The second-order valence-electron chi connectivity index (χ2n) is 5.61. The highest BCUT2D eigenvalue weighted by Gasteiger charge is 2.20. The summed E-state index contributed by atoms with van der Waals surface area (Å²) in [5.74, 6) is -1.44. The Morgan fingerprint density at radius 2 is 1.76 bits per heavy atom. The molecule has 0 aromatic heterocycles. The van der Waals surface area contributed by atoms with Gasteiger partial charge in [0.1, 0.15) is 5.82 Å². The first-order chi connectivity index (χ1) is 12.0. The normalized spacial score (nSPS) is 12.0. The second kappa shape index (κ2) is 8.78. The molecule has 0 unspecified atom stereocenters. The topological polar surface area (TPSA) is 46.6 Å². The molecular formula is C20H20FNO3. The fourth-order valence-corrected chi connectivity index (χ4v) is 2.28. The highest BCUT2D eigenvalue weighted by atomic mass is 19.1. The van der Waals surface area contributed by atoms with Crippen LogP contribution in [0.25, 0.3) is 6.08 Å². The third-order valence-electron chi connectivity index (χ3n) is 3.58. The van der Waals surface area contributed by atoms with Gasteiger partial charge < -0.3 is 9.64 Å². The van der Waals surface area contributed by atoms with Crippen LogP contribution in [0.4, 0.5) is 4.39 Å². The zero-order chi connectivity index (χ0) is 18.2. The number of hydrogen-bond acceptors (Lipinski definition) is 3. The molecule has 0 heterocycles. The summed E-state index contributed by atoms with van der Waals surface area (Å²) in [4.78, 5) is 25.6. The van der Waals surface area contributed by atoms with Crippen LogP contribution in [0.1, 0.15) is 18.1 Å². The number of ether oxygens (including phenoxy) is 1. The Morgan fingerprint density at radius 3 is 2.44 bits per heavy atom. The van der Waals surface area contributed by atoms with E-state index in [0.717, 1.165) is 11.6 Å². The van der Waals surface area contributed by atoms with Crippen LogP contribution in [0.15, 0.2) is 60.7 Å². The number of carbonyl (C=O) groups excluding carboxylic acids is 2. The number of hydrogen-bond donors (Lipinski definition) is 0. The van der Waals surface area contributed by atoms with Gasteiger partial charge >= 0.3 is 5.97 Å². The van der Waals surface area contributed by atoms with E-state index in [1.54, 1.807) is 25.2 Å². The Bertz CT molecular complexity index is 759. The van der Waals surface area contributed by atoms with Crippen LogP contribution in [-0.4, -0.2) is 29.9 Å². The van der Waals surface area contributed by atoms with Crippen molar-refractivity contribution in [3.05, 3.63) is 77.6 Å². The minimum atomic E-state index is -0.925. The van der Waals surface area contributed by atoms with E-state index in [1.165, 1.54) is 24.0 Å². The number of carbonyl (C=O) groups is 2. The Morgan fingerprint density at radius 1 is 1.12 bits per heavy atom. The molecule has 0 fully saturated rings. The van der Waals surface area contributed by atoms with Gasteiger partial charge in [0.15, 0.2) is 6.10 Å². The van der Waals surface area contributed by atoms with Gasteiger partial charge in [-0.25, -0.2) is 9.18 Å². The van der Waals surface area contributed by atoms with Crippen molar-refractivity contribution in [2.45, 2.75) is 19.6 Å². The van der Waals surface area contributed by atoms with Gasteiger partial charge in [-0.05, 0) is 24.6 Å². The lowest BCUT2D eigenvalue weighted by molar-refractivity contribution is -0.154. The standard InChI is InChI=1S/C20H20FNO3/c1-15(20(24)22(2)14-16-8-4-3-5-9-16)25-19(23)13-12-17-10-6-7-11-18(17)21/h3-13,15H,14H2,1-2H3/b13-12+/t15-/m1/s1. The summed E-state index contributed by atoms with van der Waals surface area (Å²) < 4.78 is 18.6. The lowest BCUT2D eigenvalue weighted by Gasteiger charge is -2.21. The molecule has 2 aromatic rings. The Kier molecular flexibility index (Phi) is 6.46. The molecule has 1 amide bonds. The third kappa shape index (κ3) is 5.57. The molecule has 2 rings (SSSR count). The smallest absolute Gasteiger partial charge is 0.331 e. The zero-order valence-corrected chi connectivity index (χ0v) is 14.2. The fourth-order valence-electron chi connectivity index (χ4n) is 2.28. The summed E-state index contributed by atoms with van der Waals surface area (Å²) in [5, 5.41) is 0. The summed E-state index contributed by atoms with van der Waals surface area (Å²) in [5.41, 5.74) is 1.26. The van der Waals surface area contributed by atoms with E-state index in [0.29, 0.717) is 6.54 Å². The first-order valence-corrected chi connectivity index (χ1v) is 7.89. The van der Waals surface area contributed by atoms with Crippen molar-refractivity contribution in [3.63, 3.8) is 0 Å². The number of nitrogens with zero attached hydrogens (tertiary/aromatic N) is 1. The second-order valence-corrected chi connectivity index (χ2v) is 5.61. The van der Waals surface area contributed by atoms with E-state index in [1.807, 2.05) is 30.3 Å². The Balaban J connectivity index is 1.89. The van der Waals surface area contributed by atoms with Crippen LogP contribution in [-0.2, 0) is 20.9 Å². The molecule has 2 aromatic carbocycles. The maximum atomic E-state index is 13.5. The van der Waals surface area contributed by atoms with Gasteiger partial charge in [-0.2, -0.15) is 0 Å². The largest absolute Gasteiger partial charge is 0.449 e. The molecule has 0 saturated heterocycles. The molecule has 5 heteroatoms. The predicted octanol–water partition coefficient (Wildman–Crippen LogP) is 3.43. The summed E-state index contributed by atoms with van der Waals surface area (Å²) in [6.45, 7) is 1.94. The quantitative estimate of drug-likeness (QED) is 0.597. The maximum Gasteiger partial charge on any atom is 0.331 e. The monoisotopic (exact) mass is 341 g/mol. The number of rotatable bonds is 6. The van der Waals surface area contributed by atoms with Crippen LogP contribution in [0.2, 0.25) is 0 Å². The first-order valence-electron chi connectivity index (χ1n) is 7.89. The third-order valence-corrected chi connectivity index (χ3v) is 3.58. The van der Waals surface area contributed by atoms with Crippen LogP contribution in [0.3, 0.4) is 0 Å². The predicted molar refractivity (Wildman–Crippen MR) is 93.9 cm³/mol. The molecule has 0 aliphatic rings. The number of halogens is 1. The van der Waals surface area contributed by atoms with Gasteiger partial charge in [-0.1, -0.05) is 48.5 Å². The van der Waals surface area contributed by atoms with Gasteiger partial charge in [0.2, 0.25) is 0 Å². The van der Waals surface area contributed by atoms with Crippen LogP contribution >= 0.6 is 0 Å². The maximum absolute atomic E-state index is 13.5. The van der Waals surface area contributed by atoms with Crippen molar-refractivity contribution in [2.75, 3.05) is 7.05 Å². The van der Waals surface area contributed by atoms with Crippen molar-refractivity contribution in [1.82, 2.24) is 4.90 Å². The SMILES string of the molecule is C[C@@H](OC(=O)/C=C/c1ccccc1F)C(=O)N(C)Cc1ccccc1. The molecular weight excluding hydrogens is 321 g/mol. The molecule has 1 atom stereocenters. The highest BCUT2D eigenvalue weighted by molar-refractivity contribution is 5.90. The molecule has 0 bridgehead atoms. The Hall–Kier alpha value is -2.95. The lowest BCUT2D eigenvalue weighted by atomic mass is 10.2. The minimum absolute atomic E-state index is 0.277. The van der Waals surface area contributed by atoms with E-state index in [-0.39, 0.29) is 11.5 Å². The molecule has 4 nitrogen and oxygen atoms in total. The van der Waals surface area contributed by atoms with Gasteiger partial charge in [0.25, 0.3) is 5.91 Å².